The largest absolute Gasteiger partial charge is 0.313 e. The van der Waals surface area contributed by atoms with Crippen LogP contribution in [0.15, 0.2) is 36.5 Å². The van der Waals surface area contributed by atoms with E-state index in [1.54, 1.807) is 0 Å². The molecular weight excluding hydrogens is 256 g/mol. The Kier molecular flexibility index (Phi) is 4.56. The number of halogens is 1. The van der Waals surface area contributed by atoms with Crippen molar-refractivity contribution in [3.63, 3.8) is 0 Å². The van der Waals surface area contributed by atoms with Gasteiger partial charge in [-0.05, 0) is 49.7 Å². The van der Waals surface area contributed by atoms with E-state index in [-0.39, 0.29) is 6.04 Å². The fraction of sp³-hybridized carbons (Fsp3) is 0.312. The number of pyridine rings is 1. The highest BCUT2D eigenvalue weighted by Crippen LogP contribution is 2.26. The molecule has 0 amide bonds. The summed E-state index contributed by atoms with van der Waals surface area (Å²) in [5.74, 6) is 0. The standard InChI is InChI=1S/C16H19ClN2/c1-11-6-5-9-19-15(11)10-16(18-3)13-7-4-8-14(17)12(13)2/h4-9,16,18H,10H2,1-3H3. The average molecular weight is 275 g/mol. The van der Waals surface area contributed by atoms with Gasteiger partial charge in [0.15, 0.2) is 0 Å². The number of nitrogens with one attached hydrogen (secondary N) is 1. The highest BCUT2D eigenvalue weighted by atomic mass is 35.5. The molecule has 0 saturated carbocycles. The van der Waals surface area contributed by atoms with E-state index in [0.29, 0.717) is 0 Å². The molecule has 1 unspecified atom stereocenters. The molecule has 2 aromatic rings. The Hall–Kier alpha value is -1.38. The number of hydrogen-bond acceptors (Lipinski definition) is 2. The molecule has 0 radical (unpaired) electrons. The lowest BCUT2D eigenvalue weighted by molar-refractivity contribution is 0.580. The Morgan fingerprint density at radius 1 is 1.21 bits per heavy atom. The van der Waals surface area contributed by atoms with Crippen molar-refractivity contribution >= 4 is 11.6 Å². The van der Waals surface area contributed by atoms with Gasteiger partial charge in [-0.3, -0.25) is 4.98 Å². The number of rotatable bonds is 4. The van der Waals surface area contributed by atoms with Gasteiger partial charge in [-0.15, -0.1) is 0 Å². The molecule has 19 heavy (non-hydrogen) atoms. The van der Waals surface area contributed by atoms with Gasteiger partial charge in [0.05, 0.1) is 0 Å². The fourth-order valence-corrected chi connectivity index (χ4v) is 2.48. The van der Waals surface area contributed by atoms with E-state index in [4.69, 9.17) is 11.6 Å². The normalized spacial score (nSPS) is 12.4. The van der Waals surface area contributed by atoms with Crippen molar-refractivity contribution in [3.05, 3.63) is 63.9 Å². The van der Waals surface area contributed by atoms with Crippen LogP contribution in [0.4, 0.5) is 0 Å². The van der Waals surface area contributed by atoms with E-state index in [1.807, 2.05) is 31.4 Å². The van der Waals surface area contributed by atoms with Crippen LogP contribution in [0.25, 0.3) is 0 Å². The van der Waals surface area contributed by atoms with Crippen molar-refractivity contribution in [1.82, 2.24) is 10.3 Å². The summed E-state index contributed by atoms with van der Waals surface area (Å²) in [6.07, 6.45) is 2.71. The lowest BCUT2D eigenvalue weighted by atomic mass is 9.96. The van der Waals surface area contributed by atoms with Gasteiger partial charge in [-0.25, -0.2) is 0 Å². The van der Waals surface area contributed by atoms with Crippen LogP contribution in [0.1, 0.15) is 28.4 Å². The monoisotopic (exact) mass is 274 g/mol. The quantitative estimate of drug-likeness (QED) is 0.916. The van der Waals surface area contributed by atoms with Crippen molar-refractivity contribution in [2.24, 2.45) is 0 Å². The summed E-state index contributed by atoms with van der Waals surface area (Å²) in [5, 5.41) is 4.18. The van der Waals surface area contributed by atoms with Crippen LogP contribution in [-0.4, -0.2) is 12.0 Å². The molecule has 1 heterocycles. The second-order valence-corrected chi connectivity index (χ2v) is 5.17. The van der Waals surface area contributed by atoms with E-state index in [0.717, 1.165) is 22.7 Å². The van der Waals surface area contributed by atoms with Gasteiger partial charge in [0, 0.05) is 29.4 Å². The topological polar surface area (TPSA) is 24.9 Å². The Bertz CT molecular complexity index is 566. The zero-order valence-electron chi connectivity index (χ0n) is 11.6. The van der Waals surface area contributed by atoms with Crippen LogP contribution in [0.2, 0.25) is 5.02 Å². The lowest BCUT2D eigenvalue weighted by Gasteiger charge is -2.20. The molecule has 0 spiro atoms. The van der Waals surface area contributed by atoms with Gasteiger partial charge in [-0.1, -0.05) is 29.8 Å². The smallest absolute Gasteiger partial charge is 0.0451 e. The molecule has 1 atom stereocenters. The lowest BCUT2D eigenvalue weighted by Crippen LogP contribution is -2.20. The van der Waals surface area contributed by atoms with E-state index < -0.39 is 0 Å². The molecule has 1 aromatic heterocycles. The summed E-state index contributed by atoms with van der Waals surface area (Å²) in [6, 6.07) is 10.4. The molecule has 0 bridgehead atoms. The number of aromatic nitrogens is 1. The molecule has 1 N–H and O–H groups in total. The summed E-state index contributed by atoms with van der Waals surface area (Å²) >= 11 is 6.21. The van der Waals surface area contributed by atoms with Crippen molar-refractivity contribution < 1.29 is 0 Å². The molecule has 3 heteroatoms. The molecule has 100 valence electrons. The first-order valence-corrected chi connectivity index (χ1v) is 6.84. The van der Waals surface area contributed by atoms with Crippen LogP contribution in [0, 0.1) is 13.8 Å². The summed E-state index contributed by atoms with van der Waals surface area (Å²) < 4.78 is 0. The van der Waals surface area contributed by atoms with Crippen LogP contribution in [0.3, 0.4) is 0 Å². The highest BCUT2D eigenvalue weighted by Gasteiger charge is 2.15. The molecule has 1 aromatic carbocycles. The first-order valence-electron chi connectivity index (χ1n) is 6.46. The van der Waals surface area contributed by atoms with Crippen molar-refractivity contribution in [1.29, 1.82) is 0 Å². The molecule has 0 aliphatic carbocycles. The van der Waals surface area contributed by atoms with E-state index >= 15 is 0 Å². The molecule has 0 aliphatic heterocycles. The summed E-state index contributed by atoms with van der Waals surface area (Å²) in [4.78, 5) is 4.47. The predicted molar refractivity (Wildman–Crippen MR) is 80.7 cm³/mol. The summed E-state index contributed by atoms with van der Waals surface area (Å²) in [7, 11) is 1.98. The van der Waals surface area contributed by atoms with E-state index in [2.05, 4.69) is 36.3 Å². The fourth-order valence-electron chi connectivity index (χ4n) is 2.29. The number of nitrogens with zero attached hydrogens (tertiary/aromatic N) is 1. The van der Waals surface area contributed by atoms with Gasteiger partial charge in [-0.2, -0.15) is 0 Å². The minimum absolute atomic E-state index is 0.229. The summed E-state index contributed by atoms with van der Waals surface area (Å²) in [5.41, 5.74) is 4.72. The number of likely N-dealkylation sites (N-methyl/N-ethyl adjacent to an activating group) is 1. The second kappa shape index (κ2) is 6.18. The first-order chi connectivity index (χ1) is 9.13. The first kappa shape index (κ1) is 14.0. The van der Waals surface area contributed by atoms with Crippen LogP contribution >= 0.6 is 11.6 Å². The SMILES string of the molecule is CNC(Cc1ncccc1C)c1cccc(Cl)c1C. The minimum atomic E-state index is 0.229. The van der Waals surface area contributed by atoms with Crippen LogP contribution in [-0.2, 0) is 6.42 Å². The Labute approximate surface area is 119 Å². The van der Waals surface area contributed by atoms with Gasteiger partial charge >= 0.3 is 0 Å². The molecule has 2 nitrogen and oxygen atoms in total. The number of hydrogen-bond donors (Lipinski definition) is 1. The number of benzene rings is 1. The Balaban J connectivity index is 2.31. The maximum Gasteiger partial charge on any atom is 0.0451 e. The van der Waals surface area contributed by atoms with Crippen molar-refractivity contribution in [3.8, 4) is 0 Å². The van der Waals surface area contributed by atoms with Gasteiger partial charge in [0.1, 0.15) is 0 Å². The second-order valence-electron chi connectivity index (χ2n) is 4.77. The van der Waals surface area contributed by atoms with E-state index in [9.17, 15) is 0 Å². The third-order valence-electron chi connectivity index (χ3n) is 3.55. The minimum Gasteiger partial charge on any atom is -0.313 e. The third kappa shape index (κ3) is 3.14. The van der Waals surface area contributed by atoms with Gasteiger partial charge < -0.3 is 5.32 Å². The Morgan fingerprint density at radius 2 is 2.00 bits per heavy atom. The van der Waals surface area contributed by atoms with Crippen molar-refractivity contribution in [2.75, 3.05) is 7.05 Å². The Morgan fingerprint density at radius 3 is 2.68 bits per heavy atom. The predicted octanol–water partition coefficient (Wildman–Crippen LogP) is 3.86. The van der Waals surface area contributed by atoms with Crippen LogP contribution < -0.4 is 5.32 Å². The van der Waals surface area contributed by atoms with Gasteiger partial charge in [0.2, 0.25) is 0 Å². The molecule has 2 rings (SSSR count). The molecule has 0 saturated heterocycles. The number of aryl methyl sites for hydroxylation is 1. The maximum absolute atomic E-state index is 6.21. The average Bonchev–Trinajstić information content (AvgIpc) is 2.41. The molecule has 0 aliphatic rings. The third-order valence-corrected chi connectivity index (χ3v) is 3.96. The zero-order chi connectivity index (χ0) is 13.8. The zero-order valence-corrected chi connectivity index (χ0v) is 12.3. The van der Waals surface area contributed by atoms with Gasteiger partial charge in [0.25, 0.3) is 0 Å². The highest BCUT2D eigenvalue weighted by molar-refractivity contribution is 6.31. The summed E-state index contributed by atoms with van der Waals surface area (Å²) in [6.45, 7) is 4.16. The van der Waals surface area contributed by atoms with Crippen LogP contribution in [0.5, 0.6) is 0 Å². The van der Waals surface area contributed by atoms with Crippen molar-refractivity contribution in [2.45, 2.75) is 26.3 Å². The van der Waals surface area contributed by atoms with E-state index in [1.165, 1.54) is 11.1 Å². The molecular formula is C16H19ClN2. The molecule has 0 fully saturated rings. The maximum atomic E-state index is 6.21.